The van der Waals surface area contributed by atoms with Crippen molar-refractivity contribution >= 4 is 17.7 Å². The van der Waals surface area contributed by atoms with Crippen LogP contribution in [0.15, 0.2) is 48.5 Å². The van der Waals surface area contributed by atoms with Crippen molar-refractivity contribution in [1.82, 2.24) is 15.5 Å². The molecule has 2 heterocycles. The molecule has 1 unspecified atom stereocenters. The van der Waals surface area contributed by atoms with Gasteiger partial charge in [-0.05, 0) is 67.5 Å². The third kappa shape index (κ3) is 4.83. The first-order valence-electron chi connectivity index (χ1n) is 12.1. The van der Waals surface area contributed by atoms with Crippen molar-refractivity contribution < 1.29 is 18.8 Å². The van der Waals surface area contributed by atoms with Gasteiger partial charge in [0.2, 0.25) is 11.8 Å². The van der Waals surface area contributed by atoms with Crippen LogP contribution in [0.3, 0.4) is 0 Å². The molecule has 5 rings (SSSR count). The summed E-state index contributed by atoms with van der Waals surface area (Å²) in [4.78, 5) is 38.6. The molecule has 2 N–H and O–H groups in total. The van der Waals surface area contributed by atoms with Gasteiger partial charge in [-0.25, -0.2) is 4.39 Å². The number of nitrogens with one attached hydrogen (secondary N) is 2. The third-order valence-corrected chi connectivity index (χ3v) is 7.60. The van der Waals surface area contributed by atoms with Crippen LogP contribution in [0, 0.1) is 17.2 Å². The van der Waals surface area contributed by atoms with Crippen LogP contribution in [0.4, 0.5) is 4.39 Å². The summed E-state index contributed by atoms with van der Waals surface area (Å²) in [5.41, 5.74) is 2.98. The Hall–Kier alpha value is -3.22. The summed E-state index contributed by atoms with van der Waals surface area (Å²) in [5, 5.41) is 5.84. The van der Waals surface area contributed by atoms with E-state index in [9.17, 15) is 18.8 Å². The molecular formula is C27H30FN3O3. The maximum atomic E-state index is 13.1. The van der Waals surface area contributed by atoms with Crippen LogP contribution in [0.25, 0.3) is 0 Å². The summed E-state index contributed by atoms with van der Waals surface area (Å²) in [7, 11) is 0. The van der Waals surface area contributed by atoms with Gasteiger partial charge in [0.15, 0.2) is 0 Å². The number of amides is 3. The molecule has 0 radical (unpaired) electrons. The lowest BCUT2D eigenvalue weighted by Gasteiger charge is -2.53. The molecule has 1 atom stereocenters. The maximum absolute atomic E-state index is 13.1. The highest BCUT2D eigenvalue weighted by Gasteiger charge is 2.47. The number of carbonyl (C=O) groups is 3. The molecule has 2 aromatic carbocycles. The quantitative estimate of drug-likeness (QED) is 0.716. The summed E-state index contributed by atoms with van der Waals surface area (Å²) < 4.78 is 13.1. The standard InChI is InChI=1S/C27H30FN3O3/c28-22-7-3-19(4-8-22)13-18-1-5-20(6-2-18)26(34)31-16-27(17-31)11-9-23(10-12-27)30-25(33)21-14-24(32)29-15-21/h1-8,21,23H,9-17H2,(H,29,32)(H,30,33). The number of nitrogens with zero attached hydrogens (tertiary/aromatic N) is 1. The van der Waals surface area contributed by atoms with Crippen LogP contribution in [-0.4, -0.2) is 48.3 Å². The third-order valence-electron chi connectivity index (χ3n) is 7.60. The van der Waals surface area contributed by atoms with Crippen LogP contribution < -0.4 is 10.6 Å². The molecule has 3 fully saturated rings. The van der Waals surface area contributed by atoms with Crippen LogP contribution in [0.5, 0.6) is 0 Å². The van der Waals surface area contributed by atoms with Gasteiger partial charge in [0.05, 0.1) is 5.92 Å². The molecule has 1 spiro atoms. The predicted octanol–water partition coefficient (Wildman–Crippen LogP) is 3.05. The number of hydrogen-bond acceptors (Lipinski definition) is 3. The molecular weight excluding hydrogens is 433 g/mol. The highest BCUT2D eigenvalue weighted by molar-refractivity contribution is 5.95. The smallest absolute Gasteiger partial charge is 0.253 e. The summed E-state index contributed by atoms with van der Waals surface area (Å²) in [5.74, 6) is -0.498. The molecule has 1 saturated carbocycles. The number of rotatable bonds is 5. The van der Waals surface area contributed by atoms with E-state index >= 15 is 0 Å². The second-order valence-electron chi connectivity index (χ2n) is 10.1. The van der Waals surface area contributed by atoms with Gasteiger partial charge < -0.3 is 15.5 Å². The van der Waals surface area contributed by atoms with Crippen LogP contribution in [-0.2, 0) is 16.0 Å². The van der Waals surface area contributed by atoms with Gasteiger partial charge >= 0.3 is 0 Å². The number of benzene rings is 2. The zero-order valence-corrected chi connectivity index (χ0v) is 19.2. The molecule has 2 aliphatic heterocycles. The second kappa shape index (κ2) is 9.20. The van der Waals surface area contributed by atoms with E-state index in [2.05, 4.69) is 10.6 Å². The normalized spacial score (nSPS) is 21.7. The van der Waals surface area contributed by atoms with Gasteiger partial charge in [0.25, 0.3) is 5.91 Å². The largest absolute Gasteiger partial charge is 0.355 e. The molecule has 3 aliphatic rings. The lowest BCUT2D eigenvalue weighted by atomic mass is 9.67. The molecule has 178 valence electrons. The molecule has 2 aromatic rings. The van der Waals surface area contributed by atoms with Crippen LogP contribution in [0.1, 0.15) is 53.6 Å². The maximum Gasteiger partial charge on any atom is 0.253 e. The van der Waals surface area contributed by atoms with Gasteiger partial charge in [-0.15, -0.1) is 0 Å². The molecule has 0 aromatic heterocycles. The van der Waals surface area contributed by atoms with E-state index in [4.69, 9.17) is 0 Å². The SMILES string of the molecule is O=C1CC(C(=O)NC2CCC3(CC2)CN(C(=O)c2ccc(Cc4ccc(F)cc4)cc2)C3)CN1. The first kappa shape index (κ1) is 22.6. The Bertz CT molecular complexity index is 1070. The van der Waals surface area contributed by atoms with Crippen molar-refractivity contribution in [3.05, 3.63) is 71.0 Å². The summed E-state index contributed by atoms with van der Waals surface area (Å²) in [6.07, 6.45) is 4.82. The minimum absolute atomic E-state index is 0.0208. The average molecular weight is 464 g/mol. The molecule has 1 aliphatic carbocycles. The summed E-state index contributed by atoms with van der Waals surface area (Å²) in [6.45, 7) is 1.97. The minimum Gasteiger partial charge on any atom is -0.355 e. The molecule has 3 amide bonds. The second-order valence-corrected chi connectivity index (χ2v) is 10.1. The molecule has 6 nitrogen and oxygen atoms in total. The van der Waals surface area contributed by atoms with Crippen molar-refractivity contribution in [2.45, 2.75) is 44.6 Å². The Morgan fingerprint density at radius 2 is 1.62 bits per heavy atom. The van der Waals surface area contributed by atoms with Gasteiger partial charge in [-0.1, -0.05) is 24.3 Å². The van der Waals surface area contributed by atoms with Crippen LogP contribution in [0.2, 0.25) is 0 Å². The predicted molar refractivity (Wildman–Crippen MR) is 125 cm³/mol. The van der Waals surface area contributed by atoms with E-state index in [0.717, 1.165) is 49.9 Å². The van der Waals surface area contributed by atoms with Crippen molar-refractivity contribution in [2.24, 2.45) is 11.3 Å². The van der Waals surface area contributed by atoms with E-state index in [0.29, 0.717) is 18.5 Å². The fraction of sp³-hybridized carbons (Fsp3) is 0.444. The zero-order valence-electron chi connectivity index (χ0n) is 19.2. The van der Waals surface area contributed by atoms with E-state index in [1.165, 1.54) is 12.1 Å². The van der Waals surface area contributed by atoms with Gasteiger partial charge in [0, 0.05) is 43.1 Å². The highest BCUT2D eigenvalue weighted by Crippen LogP contribution is 2.44. The Kier molecular flexibility index (Phi) is 6.11. The van der Waals surface area contributed by atoms with Gasteiger partial charge in [-0.2, -0.15) is 0 Å². The van der Waals surface area contributed by atoms with Crippen LogP contribution >= 0.6 is 0 Å². The Morgan fingerprint density at radius 1 is 1.00 bits per heavy atom. The number of carbonyl (C=O) groups excluding carboxylic acids is 3. The minimum atomic E-state index is -0.248. The fourth-order valence-corrected chi connectivity index (χ4v) is 5.49. The fourth-order valence-electron chi connectivity index (χ4n) is 5.49. The average Bonchev–Trinajstić information content (AvgIpc) is 3.26. The Labute approximate surface area is 198 Å². The number of likely N-dealkylation sites (tertiary alicyclic amines) is 1. The van der Waals surface area contributed by atoms with Crippen molar-refractivity contribution in [3.63, 3.8) is 0 Å². The highest BCUT2D eigenvalue weighted by atomic mass is 19.1. The Morgan fingerprint density at radius 3 is 2.21 bits per heavy atom. The van der Waals surface area contributed by atoms with Crippen molar-refractivity contribution in [1.29, 1.82) is 0 Å². The monoisotopic (exact) mass is 463 g/mol. The lowest BCUT2D eigenvalue weighted by molar-refractivity contribution is -0.127. The van der Waals surface area contributed by atoms with E-state index in [1.807, 2.05) is 29.2 Å². The Balaban J connectivity index is 1.08. The molecule has 7 heteroatoms. The van der Waals surface area contributed by atoms with Crippen molar-refractivity contribution in [3.8, 4) is 0 Å². The first-order chi connectivity index (χ1) is 16.4. The van der Waals surface area contributed by atoms with Gasteiger partial charge in [0.1, 0.15) is 5.82 Å². The topological polar surface area (TPSA) is 78.5 Å². The van der Waals surface area contributed by atoms with E-state index in [-0.39, 0.29) is 47.3 Å². The number of hydrogen-bond donors (Lipinski definition) is 2. The first-order valence-corrected chi connectivity index (χ1v) is 12.1. The van der Waals surface area contributed by atoms with E-state index in [1.54, 1.807) is 12.1 Å². The zero-order chi connectivity index (χ0) is 23.7. The molecule has 2 saturated heterocycles. The summed E-state index contributed by atoms with van der Waals surface area (Å²) >= 11 is 0. The van der Waals surface area contributed by atoms with Gasteiger partial charge in [-0.3, -0.25) is 14.4 Å². The number of halogens is 1. The van der Waals surface area contributed by atoms with E-state index < -0.39 is 0 Å². The van der Waals surface area contributed by atoms with Crippen molar-refractivity contribution in [2.75, 3.05) is 19.6 Å². The summed E-state index contributed by atoms with van der Waals surface area (Å²) in [6, 6.07) is 14.3. The lowest BCUT2D eigenvalue weighted by Crippen LogP contribution is -2.60. The molecule has 0 bridgehead atoms. The molecule has 34 heavy (non-hydrogen) atoms.